The zero-order chi connectivity index (χ0) is 18.3. The van der Waals surface area contributed by atoms with Crippen LogP contribution in [-0.2, 0) is 29.1 Å². The van der Waals surface area contributed by atoms with Gasteiger partial charge in [0.05, 0.1) is 39.4 Å². The normalized spacial score (nSPS) is 22.2. The number of sulfone groups is 1. The average Bonchev–Trinajstić information content (AvgIpc) is 2.45. The van der Waals surface area contributed by atoms with E-state index in [2.05, 4.69) is 9.97 Å². The summed E-state index contributed by atoms with van der Waals surface area (Å²) >= 11 is 0. The standard InChI is InChI=1S/C14H24N4O4S2/c1-10-9-22-7-6-18(10)12-8-11(14(2,3)24(5,15)21)16-13(17-12)23(4,19)20/h8,10,15H,6-7,9H2,1-5H3/t10-,24?/m1/s1. The van der Waals surface area contributed by atoms with Crippen molar-refractivity contribution in [1.82, 2.24) is 9.97 Å². The molecule has 2 atom stereocenters. The quantitative estimate of drug-likeness (QED) is 0.780. The number of nitrogens with zero attached hydrogens (tertiary/aromatic N) is 3. The smallest absolute Gasteiger partial charge is 0.249 e. The lowest BCUT2D eigenvalue weighted by Gasteiger charge is -2.35. The van der Waals surface area contributed by atoms with Gasteiger partial charge in [-0.25, -0.2) is 22.6 Å². The highest BCUT2D eigenvalue weighted by atomic mass is 32.2. The first-order chi connectivity index (χ1) is 10.8. The first kappa shape index (κ1) is 19.1. The summed E-state index contributed by atoms with van der Waals surface area (Å²) in [6, 6.07) is 1.66. The molecule has 1 aliphatic heterocycles. The van der Waals surface area contributed by atoms with Crippen LogP contribution in [0.4, 0.5) is 5.82 Å². The zero-order valence-corrected chi connectivity index (χ0v) is 16.2. The van der Waals surface area contributed by atoms with Gasteiger partial charge in [-0.2, -0.15) is 0 Å². The Hall–Kier alpha value is -1.26. The second-order valence-corrected chi connectivity index (χ2v) is 11.3. The molecule has 0 amide bonds. The van der Waals surface area contributed by atoms with E-state index in [4.69, 9.17) is 9.52 Å². The third-order valence-electron chi connectivity index (χ3n) is 4.28. The van der Waals surface area contributed by atoms with Crippen molar-refractivity contribution in [3.05, 3.63) is 11.8 Å². The summed E-state index contributed by atoms with van der Waals surface area (Å²) in [6.45, 7) is 6.82. The van der Waals surface area contributed by atoms with Crippen LogP contribution in [0.2, 0.25) is 0 Å². The van der Waals surface area contributed by atoms with E-state index in [1.54, 1.807) is 19.9 Å². The summed E-state index contributed by atoms with van der Waals surface area (Å²) in [5, 5.41) is -0.314. The largest absolute Gasteiger partial charge is 0.377 e. The van der Waals surface area contributed by atoms with Crippen LogP contribution < -0.4 is 4.90 Å². The first-order valence-corrected chi connectivity index (χ1v) is 11.4. The topological polar surface area (TPSA) is 113 Å². The van der Waals surface area contributed by atoms with Crippen molar-refractivity contribution in [1.29, 1.82) is 4.78 Å². The van der Waals surface area contributed by atoms with E-state index in [-0.39, 0.29) is 16.9 Å². The summed E-state index contributed by atoms with van der Waals surface area (Å²) in [7, 11) is -6.65. The van der Waals surface area contributed by atoms with Crippen molar-refractivity contribution in [2.45, 2.75) is 36.7 Å². The van der Waals surface area contributed by atoms with Gasteiger partial charge in [-0.3, -0.25) is 4.78 Å². The molecule has 1 aromatic heterocycles. The minimum Gasteiger partial charge on any atom is -0.377 e. The molecule has 1 saturated heterocycles. The molecule has 2 heterocycles. The van der Waals surface area contributed by atoms with Gasteiger partial charge in [0.25, 0.3) is 0 Å². The van der Waals surface area contributed by atoms with E-state index in [1.165, 1.54) is 6.26 Å². The number of hydrogen-bond acceptors (Lipinski definition) is 8. The van der Waals surface area contributed by atoms with Gasteiger partial charge in [-0.15, -0.1) is 0 Å². The van der Waals surface area contributed by atoms with Crippen molar-refractivity contribution in [3.8, 4) is 0 Å². The molecular formula is C14H24N4O4S2. The predicted octanol–water partition coefficient (Wildman–Crippen LogP) is 1.02. The Labute approximate surface area is 143 Å². The highest BCUT2D eigenvalue weighted by Gasteiger charge is 2.34. The van der Waals surface area contributed by atoms with Gasteiger partial charge < -0.3 is 9.64 Å². The summed E-state index contributed by atoms with van der Waals surface area (Å²) in [4.78, 5) is 10.2. The number of nitrogens with one attached hydrogen (secondary N) is 1. The van der Waals surface area contributed by atoms with Crippen molar-refractivity contribution in [3.63, 3.8) is 0 Å². The van der Waals surface area contributed by atoms with Crippen LogP contribution in [0.5, 0.6) is 0 Å². The maximum atomic E-state index is 12.3. The Balaban J connectivity index is 2.67. The predicted molar refractivity (Wildman–Crippen MR) is 92.6 cm³/mol. The van der Waals surface area contributed by atoms with Crippen molar-refractivity contribution in [2.24, 2.45) is 0 Å². The third-order valence-corrected chi connectivity index (χ3v) is 7.28. The summed E-state index contributed by atoms with van der Waals surface area (Å²) in [5.74, 6) is 0.452. The molecule has 1 fully saturated rings. The van der Waals surface area contributed by atoms with E-state index < -0.39 is 24.3 Å². The van der Waals surface area contributed by atoms with Crippen LogP contribution in [0, 0.1) is 4.78 Å². The number of ether oxygens (including phenoxy) is 1. The Morgan fingerprint density at radius 3 is 2.42 bits per heavy atom. The molecule has 1 aromatic rings. The van der Waals surface area contributed by atoms with Crippen LogP contribution in [0.3, 0.4) is 0 Å². The zero-order valence-electron chi connectivity index (χ0n) is 14.6. The number of anilines is 1. The minimum atomic E-state index is -3.64. The highest BCUT2D eigenvalue weighted by molar-refractivity contribution is 7.92. The lowest BCUT2D eigenvalue weighted by molar-refractivity contribution is 0.0984. The molecule has 1 aliphatic rings. The molecule has 10 heteroatoms. The number of morpholine rings is 1. The maximum Gasteiger partial charge on any atom is 0.249 e. The van der Waals surface area contributed by atoms with Gasteiger partial charge in [0.2, 0.25) is 15.0 Å². The number of hydrogen-bond donors (Lipinski definition) is 1. The lowest BCUT2D eigenvalue weighted by atomic mass is 10.1. The highest BCUT2D eigenvalue weighted by Crippen LogP contribution is 2.31. The fourth-order valence-corrected chi connectivity index (χ4v) is 3.33. The molecule has 1 unspecified atom stereocenters. The molecule has 0 bridgehead atoms. The fourth-order valence-electron chi connectivity index (χ4n) is 2.30. The van der Waals surface area contributed by atoms with Crippen LogP contribution >= 0.6 is 0 Å². The molecule has 2 rings (SSSR count). The molecule has 0 aliphatic carbocycles. The van der Waals surface area contributed by atoms with E-state index in [0.717, 1.165) is 6.26 Å². The minimum absolute atomic E-state index is 0.0269. The molecule has 0 aromatic carbocycles. The Kier molecular flexibility index (Phi) is 4.95. The maximum absolute atomic E-state index is 12.3. The molecule has 136 valence electrons. The molecular weight excluding hydrogens is 352 g/mol. The summed E-state index contributed by atoms with van der Waals surface area (Å²) in [6.07, 6.45) is 2.36. The van der Waals surface area contributed by atoms with Gasteiger partial charge >= 0.3 is 0 Å². The second kappa shape index (κ2) is 6.23. The van der Waals surface area contributed by atoms with Crippen LogP contribution in [0.25, 0.3) is 0 Å². The Bertz CT molecular complexity index is 834. The SMILES string of the molecule is C[C@@H]1COCCN1c1cc(C(C)(C)S(C)(=N)=O)nc(S(C)(=O)=O)n1. The van der Waals surface area contributed by atoms with Gasteiger partial charge in [0.15, 0.2) is 0 Å². The van der Waals surface area contributed by atoms with Gasteiger partial charge in [0.1, 0.15) is 5.82 Å². The molecule has 24 heavy (non-hydrogen) atoms. The molecule has 8 nitrogen and oxygen atoms in total. The fraction of sp³-hybridized carbons (Fsp3) is 0.714. The third kappa shape index (κ3) is 3.70. The lowest BCUT2D eigenvalue weighted by Crippen LogP contribution is -2.44. The Morgan fingerprint density at radius 2 is 1.92 bits per heavy atom. The monoisotopic (exact) mass is 376 g/mol. The molecule has 0 radical (unpaired) electrons. The summed E-state index contributed by atoms with van der Waals surface area (Å²) < 4.78 is 48.6. The van der Waals surface area contributed by atoms with Gasteiger partial charge in [0, 0.05) is 25.1 Å². The molecule has 0 saturated carbocycles. The summed E-state index contributed by atoms with van der Waals surface area (Å²) in [5.41, 5.74) is 0.286. The van der Waals surface area contributed by atoms with Crippen LogP contribution in [0.15, 0.2) is 11.2 Å². The van der Waals surface area contributed by atoms with Crippen molar-refractivity contribution >= 4 is 25.4 Å². The first-order valence-electron chi connectivity index (χ1n) is 7.51. The van der Waals surface area contributed by atoms with Crippen LogP contribution in [0.1, 0.15) is 26.5 Å². The molecule has 1 N–H and O–H groups in total. The van der Waals surface area contributed by atoms with Crippen molar-refractivity contribution < 1.29 is 17.4 Å². The van der Waals surface area contributed by atoms with Crippen molar-refractivity contribution in [2.75, 3.05) is 37.2 Å². The molecule has 0 spiro atoms. The van der Waals surface area contributed by atoms with E-state index in [9.17, 15) is 12.6 Å². The van der Waals surface area contributed by atoms with Gasteiger partial charge in [-0.05, 0) is 20.8 Å². The van der Waals surface area contributed by atoms with Crippen LogP contribution in [-0.4, -0.2) is 60.9 Å². The van der Waals surface area contributed by atoms with E-state index >= 15 is 0 Å². The van der Waals surface area contributed by atoms with E-state index in [0.29, 0.717) is 25.6 Å². The number of aromatic nitrogens is 2. The Morgan fingerprint density at radius 1 is 1.29 bits per heavy atom. The van der Waals surface area contributed by atoms with Gasteiger partial charge in [-0.1, -0.05) is 0 Å². The van der Waals surface area contributed by atoms with E-state index in [1.807, 2.05) is 11.8 Å². The number of rotatable bonds is 4. The average molecular weight is 377 g/mol. The second-order valence-electron chi connectivity index (χ2n) is 6.64.